The van der Waals surface area contributed by atoms with Crippen LogP contribution in [0.3, 0.4) is 0 Å². The molecule has 8 heteroatoms. The van der Waals surface area contributed by atoms with Crippen LogP contribution in [0.5, 0.6) is 0 Å². The van der Waals surface area contributed by atoms with Gasteiger partial charge in [-0.15, -0.1) is 0 Å². The highest BCUT2D eigenvalue weighted by Crippen LogP contribution is 2.29. The largest absolute Gasteiger partial charge is 0.358 e. The van der Waals surface area contributed by atoms with Crippen molar-refractivity contribution in [2.75, 3.05) is 17.7 Å². The maximum Gasteiger partial charge on any atom is 0.242 e. The average Bonchev–Trinajstić information content (AvgIpc) is 3.57. The third kappa shape index (κ3) is 5.89. The smallest absolute Gasteiger partial charge is 0.242 e. The fourth-order valence-corrected chi connectivity index (χ4v) is 4.23. The van der Waals surface area contributed by atoms with Gasteiger partial charge in [0.25, 0.3) is 0 Å². The Morgan fingerprint density at radius 1 is 1.18 bits per heavy atom. The summed E-state index contributed by atoms with van der Waals surface area (Å²) in [4.78, 5) is 25.7. The van der Waals surface area contributed by atoms with E-state index in [9.17, 15) is 4.79 Å². The number of rotatable bonds is 9. The zero-order valence-electron chi connectivity index (χ0n) is 18.8. The zero-order valence-corrected chi connectivity index (χ0v) is 18.8. The predicted octanol–water partition coefficient (Wildman–Crippen LogP) is 4.54. The fourth-order valence-electron chi connectivity index (χ4n) is 4.23. The molecule has 1 fully saturated rings. The summed E-state index contributed by atoms with van der Waals surface area (Å²) >= 11 is 0. The summed E-state index contributed by atoms with van der Waals surface area (Å²) in [6, 6.07) is 12.6. The third-order valence-electron chi connectivity index (χ3n) is 6.02. The van der Waals surface area contributed by atoms with Crippen LogP contribution in [-0.4, -0.2) is 33.5 Å². The highest BCUT2D eigenvalue weighted by Gasteiger charge is 2.26. The lowest BCUT2D eigenvalue weighted by atomic mass is 9.97. The van der Waals surface area contributed by atoms with Crippen LogP contribution in [0.4, 0.5) is 17.5 Å². The van der Waals surface area contributed by atoms with Crippen molar-refractivity contribution in [2.24, 2.45) is 5.92 Å². The van der Waals surface area contributed by atoms with Gasteiger partial charge in [-0.3, -0.25) is 4.79 Å². The molecule has 3 aromatic rings. The maximum absolute atomic E-state index is 13.2. The van der Waals surface area contributed by atoms with Crippen molar-refractivity contribution in [1.29, 1.82) is 0 Å². The third-order valence-corrected chi connectivity index (χ3v) is 6.02. The molecule has 1 amide bonds. The highest BCUT2D eigenvalue weighted by molar-refractivity contribution is 5.84. The number of carbonyl (C=O) groups excluding carboxylic acids is 1. The number of carbonyl (C=O) groups is 1. The highest BCUT2D eigenvalue weighted by atomic mass is 16.2. The molecule has 0 radical (unpaired) electrons. The molecule has 1 aliphatic rings. The molecule has 1 aromatic carbocycles. The van der Waals surface area contributed by atoms with Crippen LogP contribution in [0.1, 0.15) is 37.7 Å². The van der Waals surface area contributed by atoms with Gasteiger partial charge in [0.15, 0.2) is 5.69 Å². The fraction of sp³-hybridized carbons (Fsp3) is 0.360. The number of aromatic nitrogens is 3. The standard InChI is InChI=1S/C25H29N7O/c1-26-20-11-9-19(10-12-20)17-28-24(33)21(15-18-7-3-4-8-18)29-22-16-23(31-25(27-2)30-22)32-13-5-6-14-32/h5-6,9-14,16,18,21H,3-4,7-8,15,17H2,2H3,(H,28,33)(H2,27,29,30,31). The molecule has 0 saturated heterocycles. The monoisotopic (exact) mass is 443 g/mol. The predicted molar refractivity (Wildman–Crippen MR) is 129 cm³/mol. The molecule has 1 saturated carbocycles. The Balaban J connectivity index is 1.50. The van der Waals surface area contributed by atoms with E-state index in [0.29, 0.717) is 29.9 Å². The second-order valence-corrected chi connectivity index (χ2v) is 8.35. The van der Waals surface area contributed by atoms with Gasteiger partial charge in [-0.05, 0) is 30.0 Å². The first-order chi connectivity index (χ1) is 16.1. The summed E-state index contributed by atoms with van der Waals surface area (Å²) < 4.78 is 1.91. The van der Waals surface area contributed by atoms with E-state index in [2.05, 4.69) is 30.8 Å². The first-order valence-corrected chi connectivity index (χ1v) is 11.4. The second-order valence-electron chi connectivity index (χ2n) is 8.35. The molecule has 1 aliphatic carbocycles. The van der Waals surface area contributed by atoms with Gasteiger partial charge in [0.05, 0.1) is 6.57 Å². The Bertz CT molecular complexity index is 1100. The van der Waals surface area contributed by atoms with E-state index >= 15 is 0 Å². The van der Waals surface area contributed by atoms with Gasteiger partial charge in [0, 0.05) is 32.1 Å². The number of hydrogen-bond donors (Lipinski definition) is 3. The Morgan fingerprint density at radius 2 is 1.91 bits per heavy atom. The van der Waals surface area contributed by atoms with E-state index in [1.54, 1.807) is 19.2 Å². The summed E-state index contributed by atoms with van der Waals surface area (Å²) in [7, 11) is 1.78. The molecule has 3 N–H and O–H groups in total. The summed E-state index contributed by atoms with van der Waals surface area (Å²) in [5, 5.41) is 9.44. The van der Waals surface area contributed by atoms with Gasteiger partial charge in [-0.1, -0.05) is 49.9 Å². The normalized spacial score (nSPS) is 14.4. The molecule has 170 valence electrons. The summed E-state index contributed by atoms with van der Waals surface area (Å²) in [6.07, 6.45) is 9.37. The first kappa shape index (κ1) is 22.3. The lowest BCUT2D eigenvalue weighted by Crippen LogP contribution is -2.40. The van der Waals surface area contributed by atoms with Gasteiger partial charge < -0.3 is 20.5 Å². The number of nitrogens with zero attached hydrogens (tertiary/aromatic N) is 4. The van der Waals surface area contributed by atoms with E-state index in [-0.39, 0.29) is 5.91 Å². The molecule has 1 atom stereocenters. The molecule has 1 unspecified atom stereocenters. The minimum atomic E-state index is -0.396. The van der Waals surface area contributed by atoms with Crippen molar-refractivity contribution in [3.8, 4) is 5.82 Å². The van der Waals surface area contributed by atoms with Crippen LogP contribution in [0.25, 0.3) is 10.7 Å². The van der Waals surface area contributed by atoms with E-state index in [1.807, 2.05) is 47.3 Å². The molecule has 0 aliphatic heterocycles. The molecular formula is C25H29N7O. The number of anilines is 2. The van der Waals surface area contributed by atoms with Gasteiger partial charge in [-0.2, -0.15) is 9.97 Å². The second kappa shape index (κ2) is 10.6. The zero-order chi connectivity index (χ0) is 23.0. The number of hydrogen-bond acceptors (Lipinski definition) is 5. The molecule has 8 nitrogen and oxygen atoms in total. The summed E-state index contributed by atoms with van der Waals surface area (Å²) in [5.41, 5.74) is 1.55. The molecule has 0 spiro atoms. The Kier molecular flexibility index (Phi) is 7.20. The number of amides is 1. The van der Waals surface area contributed by atoms with Gasteiger partial charge in [-0.25, -0.2) is 4.85 Å². The quantitative estimate of drug-likeness (QED) is 0.423. The Labute approximate surface area is 194 Å². The Morgan fingerprint density at radius 3 is 2.58 bits per heavy atom. The van der Waals surface area contributed by atoms with E-state index in [0.717, 1.165) is 30.6 Å². The minimum Gasteiger partial charge on any atom is -0.358 e. The van der Waals surface area contributed by atoms with E-state index in [1.165, 1.54) is 12.8 Å². The Hall–Kier alpha value is -3.86. The average molecular weight is 444 g/mol. The van der Waals surface area contributed by atoms with E-state index < -0.39 is 6.04 Å². The molecule has 2 aromatic heterocycles. The SMILES string of the molecule is [C-]#[N+]c1ccc(CNC(=O)C(CC2CCCC2)Nc2cc(-n3cccc3)nc(NC)n2)cc1. The van der Waals surface area contributed by atoms with Crippen LogP contribution < -0.4 is 16.0 Å². The molecule has 4 rings (SSSR count). The lowest BCUT2D eigenvalue weighted by Gasteiger charge is -2.22. The molecule has 0 bridgehead atoms. The summed E-state index contributed by atoms with van der Waals surface area (Å²) in [5.74, 6) is 2.30. The van der Waals surface area contributed by atoms with Gasteiger partial charge in [0.2, 0.25) is 11.9 Å². The maximum atomic E-state index is 13.2. The number of benzene rings is 1. The molecular weight excluding hydrogens is 414 g/mol. The van der Waals surface area contributed by atoms with Crippen LogP contribution in [0.2, 0.25) is 0 Å². The van der Waals surface area contributed by atoms with E-state index in [4.69, 9.17) is 6.57 Å². The van der Waals surface area contributed by atoms with Gasteiger partial charge in [0.1, 0.15) is 17.7 Å². The van der Waals surface area contributed by atoms with Crippen LogP contribution >= 0.6 is 0 Å². The van der Waals surface area contributed by atoms with Crippen molar-refractivity contribution in [3.05, 3.63) is 71.8 Å². The summed E-state index contributed by atoms with van der Waals surface area (Å²) in [6.45, 7) is 7.49. The van der Waals surface area contributed by atoms with Crippen LogP contribution in [0.15, 0.2) is 54.9 Å². The van der Waals surface area contributed by atoms with Crippen molar-refractivity contribution >= 4 is 23.4 Å². The molecule has 2 heterocycles. The van der Waals surface area contributed by atoms with Crippen LogP contribution in [-0.2, 0) is 11.3 Å². The lowest BCUT2D eigenvalue weighted by molar-refractivity contribution is -0.122. The topological polar surface area (TPSA) is 88.2 Å². The van der Waals surface area contributed by atoms with Crippen molar-refractivity contribution in [3.63, 3.8) is 0 Å². The van der Waals surface area contributed by atoms with Crippen molar-refractivity contribution in [2.45, 2.75) is 44.7 Å². The van der Waals surface area contributed by atoms with Crippen molar-refractivity contribution in [1.82, 2.24) is 19.9 Å². The van der Waals surface area contributed by atoms with Gasteiger partial charge >= 0.3 is 0 Å². The van der Waals surface area contributed by atoms with Crippen molar-refractivity contribution < 1.29 is 4.79 Å². The molecule has 33 heavy (non-hydrogen) atoms. The van der Waals surface area contributed by atoms with Crippen LogP contribution in [0, 0.1) is 12.5 Å². The number of nitrogens with one attached hydrogen (secondary N) is 3. The first-order valence-electron chi connectivity index (χ1n) is 11.4. The minimum absolute atomic E-state index is 0.0525.